The van der Waals surface area contributed by atoms with Gasteiger partial charge in [0.1, 0.15) is 4.90 Å². The normalized spacial score (nSPS) is 11.6. The van der Waals surface area contributed by atoms with Gasteiger partial charge in [-0.25, -0.2) is 8.42 Å². The monoisotopic (exact) mass is 433 g/mol. The number of benzene rings is 2. The van der Waals surface area contributed by atoms with Crippen molar-refractivity contribution in [1.29, 1.82) is 0 Å². The summed E-state index contributed by atoms with van der Waals surface area (Å²) in [6, 6.07) is 10.1. The maximum Gasteiger partial charge on any atom is 0.244 e. The summed E-state index contributed by atoms with van der Waals surface area (Å²) in [5.74, 6) is 0.780. The third-order valence-electron chi connectivity index (χ3n) is 3.48. The fourth-order valence-electron chi connectivity index (χ4n) is 2.15. The lowest BCUT2D eigenvalue weighted by Crippen LogP contribution is -2.27. The lowest BCUT2D eigenvalue weighted by atomic mass is 10.2. The van der Waals surface area contributed by atoms with Gasteiger partial charge in [0.15, 0.2) is 11.5 Å². The van der Waals surface area contributed by atoms with Crippen LogP contribution in [0.15, 0.2) is 45.8 Å². The Bertz CT molecular complexity index is 842. The van der Waals surface area contributed by atoms with E-state index in [-0.39, 0.29) is 11.4 Å². The molecule has 0 saturated carbocycles. The van der Waals surface area contributed by atoms with E-state index in [1.165, 1.54) is 31.6 Å². The number of ether oxygens (including phenoxy) is 2. The highest BCUT2D eigenvalue weighted by atomic mass is 79.9. The molecule has 8 heteroatoms. The number of methoxy groups -OCH3 is 2. The quantitative estimate of drug-likeness (QED) is 0.691. The molecule has 0 aromatic heterocycles. The molecule has 0 N–H and O–H groups in total. The van der Waals surface area contributed by atoms with Crippen LogP contribution in [0.5, 0.6) is 11.5 Å². The van der Waals surface area contributed by atoms with Gasteiger partial charge >= 0.3 is 0 Å². The molecule has 0 bridgehead atoms. The van der Waals surface area contributed by atoms with Gasteiger partial charge in [-0.05, 0) is 33.6 Å². The molecule has 0 amide bonds. The first-order chi connectivity index (χ1) is 11.3. The van der Waals surface area contributed by atoms with Gasteiger partial charge in [-0.2, -0.15) is 4.31 Å². The number of hydrogen-bond acceptors (Lipinski definition) is 4. The first-order valence-corrected chi connectivity index (χ1v) is 9.53. The number of halogens is 2. The maximum absolute atomic E-state index is 12.9. The summed E-state index contributed by atoms with van der Waals surface area (Å²) in [4.78, 5) is 0.0923. The summed E-state index contributed by atoms with van der Waals surface area (Å²) in [5, 5.41) is 0.519. The van der Waals surface area contributed by atoms with Crippen LogP contribution in [0.3, 0.4) is 0 Å². The summed E-state index contributed by atoms with van der Waals surface area (Å²) in [7, 11) is 0.694. The summed E-state index contributed by atoms with van der Waals surface area (Å²) in [6.07, 6.45) is 0. The third kappa shape index (κ3) is 3.85. The van der Waals surface area contributed by atoms with E-state index < -0.39 is 10.0 Å². The molecule has 0 aliphatic carbocycles. The zero-order chi connectivity index (χ0) is 17.9. The number of sulfonamides is 1. The van der Waals surface area contributed by atoms with E-state index in [0.717, 1.165) is 5.56 Å². The van der Waals surface area contributed by atoms with Crippen molar-refractivity contribution in [2.45, 2.75) is 11.4 Å². The van der Waals surface area contributed by atoms with Crippen molar-refractivity contribution in [2.24, 2.45) is 0 Å². The topological polar surface area (TPSA) is 55.8 Å². The highest BCUT2D eigenvalue weighted by Crippen LogP contribution is 2.36. The zero-order valence-corrected chi connectivity index (χ0v) is 16.6. The molecule has 0 spiro atoms. The van der Waals surface area contributed by atoms with Crippen molar-refractivity contribution < 1.29 is 17.9 Å². The zero-order valence-electron chi connectivity index (χ0n) is 13.4. The molecule has 2 aromatic carbocycles. The Balaban J connectivity index is 2.41. The van der Waals surface area contributed by atoms with Crippen molar-refractivity contribution in [1.82, 2.24) is 4.31 Å². The van der Waals surface area contributed by atoms with E-state index in [0.29, 0.717) is 21.0 Å². The third-order valence-corrected chi connectivity index (χ3v) is 6.61. The Kier molecular flexibility index (Phi) is 6.14. The van der Waals surface area contributed by atoms with Crippen LogP contribution >= 0.6 is 27.5 Å². The number of hydrogen-bond donors (Lipinski definition) is 0. The number of rotatable bonds is 6. The Morgan fingerprint density at radius 1 is 1.12 bits per heavy atom. The predicted octanol–water partition coefficient (Wildman–Crippen LogP) is 3.94. The molecule has 0 radical (unpaired) electrons. The van der Waals surface area contributed by atoms with Crippen molar-refractivity contribution in [3.63, 3.8) is 0 Å². The molecular weight excluding hydrogens is 418 g/mol. The van der Waals surface area contributed by atoms with Gasteiger partial charge in [0.05, 0.1) is 14.2 Å². The molecule has 0 unspecified atom stereocenters. The molecule has 24 heavy (non-hydrogen) atoms. The van der Waals surface area contributed by atoms with Gasteiger partial charge in [-0.3, -0.25) is 0 Å². The first-order valence-electron chi connectivity index (χ1n) is 6.92. The molecule has 130 valence electrons. The molecule has 0 fully saturated rings. The van der Waals surface area contributed by atoms with Crippen LogP contribution in [0.4, 0.5) is 0 Å². The van der Waals surface area contributed by atoms with E-state index in [1.54, 1.807) is 24.3 Å². The van der Waals surface area contributed by atoms with Gasteiger partial charge in [0.25, 0.3) is 0 Å². The largest absolute Gasteiger partial charge is 0.493 e. The second-order valence-electron chi connectivity index (χ2n) is 4.99. The van der Waals surface area contributed by atoms with Crippen molar-refractivity contribution >= 4 is 37.6 Å². The Labute approximate surface area is 155 Å². The van der Waals surface area contributed by atoms with Gasteiger partial charge in [0.2, 0.25) is 10.0 Å². The van der Waals surface area contributed by atoms with Crippen LogP contribution < -0.4 is 9.47 Å². The van der Waals surface area contributed by atoms with E-state index in [2.05, 4.69) is 15.9 Å². The van der Waals surface area contributed by atoms with Crippen molar-refractivity contribution in [3.8, 4) is 11.5 Å². The van der Waals surface area contributed by atoms with Gasteiger partial charge in [-0.1, -0.05) is 29.8 Å². The second kappa shape index (κ2) is 7.74. The molecule has 0 atom stereocenters. The van der Waals surface area contributed by atoms with E-state index in [4.69, 9.17) is 21.1 Å². The van der Waals surface area contributed by atoms with E-state index in [1.807, 2.05) is 6.07 Å². The molecule has 0 saturated heterocycles. The fourth-order valence-corrected chi connectivity index (χ4v) is 4.49. The molecular formula is C16H17BrClNO4S. The standard InChI is InChI=1S/C16H17BrClNO4S/c1-19(10-11-6-4-5-7-13(11)18)24(20,21)16-9-15(23-3)14(22-2)8-12(16)17/h4-9H,10H2,1-3H3. The van der Waals surface area contributed by atoms with Crippen LogP contribution in [-0.4, -0.2) is 34.0 Å². The minimum Gasteiger partial charge on any atom is -0.493 e. The Morgan fingerprint density at radius 2 is 1.71 bits per heavy atom. The van der Waals surface area contributed by atoms with Crippen molar-refractivity contribution in [2.75, 3.05) is 21.3 Å². The molecule has 0 aliphatic rings. The van der Waals surface area contributed by atoms with Gasteiger partial charge in [-0.15, -0.1) is 0 Å². The maximum atomic E-state index is 12.9. The summed E-state index contributed by atoms with van der Waals surface area (Å²) < 4.78 is 37.8. The van der Waals surface area contributed by atoms with Gasteiger partial charge in [0, 0.05) is 29.2 Å². The summed E-state index contributed by atoms with van der Waals surface area (Å²) in [6.45, 7) is 0.156. The minimum atomic E-state index is -3.75. The minimum absolute atomic E-state index is 0.0923. The molecule has 2 rings (SSSR count). The molecule has 0 aliphatic heterocycles. The second-order valence-corrected chi connectivity index (χ2v) is 8.26. The van der Waals surface area contributed by atoms with E-state index in [9.17, 15) is 8.42 Å². The Morgan fingerprint density at radius 3 is 2.29 bits per heavy atom. The molecule has 2 aromatic rings. The van der Waals surface area contributed by atoms with E-state index >= 15 is 0 Å². The summed E-state index contributed by atoms with van der Waals surface area (Å²) >= 11 is 9.40. The average molecular weight is 435 g/mol. The number of nitrogens with zero attached hydrogens (tertiary/aromatic N) is 1. The average Bonchev–Trinajstić information content (AvgIpc) is 2.56. The van der Waals surface area contributed by atoms with Crippen LogP contribution in [0, 0.1) is 0 Å². The lowest BCUT2D eigenvalue weighted by Gasteiger charge is -2.20. The van der Waals surface area contributed by atoms with Crippen LogP contribution in [0.2, 0.25) is 5.02 Å². The first kappa shape index (κ1) is 19.1. The molecule has 5 nitrogen and oxygen atoms in total. The van der Waals surface area contributed by atoms with Crippen LogP contribution in [-0.2, 0) is 16.6 Å². The van der Waals surface area contributed by atoms with Crippen LogP contribution in [0.25, 0.3) is 0 Å². The fraction of sp³-hybridized carbons (Fsp3) is 0.250. The smallest absolute Gasteiger partial charge is 0.244 e. The highest BCUT2D eigenvalue weighted by molar-refractivity contribution is 9.10. The predicted molar refractivity (Wildman–Crippen MR) is 97.4 cm³/mol. The van der Waals surface area contributed by atoms with Crippen LogP contribution in [0.1, 0.15) is 5.56 Å². The van der Waals surface area contributed by atoms with Crippen molar-refractivity contribution in [3.05, 3.63) is 51.5 Å². The lowest BCUT2D eigenvalue weighted by molar-refractivity contribution is 0.353. The summed E-state index contributed by atoms with van der Waals surface area (Å²) in [5.41, 5.74) is 0.724. The SMILES string of the molecule is COc1cc(Br)c(S(=O)(=O)N(C)Cc2ccccc2Cl)cc1OC. The highest BCUT2D eigenvalue weighted by Gasteiger charge is 2.26. The molecule has 0 heterocycles. The van der Waals surface area contributed by atoms with Gasteiger partial charge < -0.3 is 9.47 Å². The Hall–Kier alpha value is -1.28.